The van der Waals surface area contributed by atoms with Crippen molar-refractivity contribution in [1.82, 2.24) is 10.2 Å². The fraction of sp³-hybridized carbons (Fsp3) is 0.250. The van der Waals surface area contributed by atoms with Crippen molar-refractivity contribution in [1.29, 1.82) is 0 Å². The Balaban J connectivity index is 1.79. The fourth-order valence-electron chi connectivity index (χ4n) is 3.09. The zero-order valence-corrected chi connectivity index (χ0v) is 18.4. The summed E-state index contributed by atoms with van der Waals surface area (Å²) in [5.41, 5.74) is -0.196. The SMILES string of the molecule is COc1ccc(C2(C)NC(=O)N(CC(=O)N(C)c3ccc(Br)cc3Cl)C2=O)cc1. The van der Waals surface area contributed by atoms with E-state index in [0.29, 0.717) is 22.0 Å². The number of rotatable bonds is 5. The molecule has 0 saturated carbocycles. The Kier molecular flexibility index (Phi) is 5.86. The summed E-state index contributed by atoms with van der Waals surface area (Å²) in [5, 5.41) is 3.05. The lowest BCUT2D eigenvalue weighted by Gasteiger charge is -2.24. The van der Waals surface area contributed by atoms with E-state index in [0.717, 1.165) is 9.37 Å². The van der Waals surface area contributed by atoms with Gasteiger partial charge >= 0.3 is 6.03 Å². The maximum Gasteiger partial charge on any atom is 0.325 e. The van der Waals surface area contributed by atoms with Crippen molar-refractivity contribution in [3.63, 3.8) is 0 Å². The molecule has 1 aliphatic rings. The van der Waals surface area contributed by atoms with Crippen LogP contribution in [0.25, 0.3) is 0 Å². The van der Waals surface area contributed by atoms with Gasteiger partial charge in [-0.2, -0.15) is 0 Å². The molecule has 1 aliphatic heterocycles. The van der Waals surface area contributed by atoms with Crippen molar-refractivity contribution in [2.75, 3.05) is 25.6 Å². The molecule has 9 heteroatoms. The molecule has 3 rings (SSSR count). The first-order valence-corrected chi connectivity index (χ1v) is 9.84. The first-order chi connectivity index (χ1) is 13.7. The minimum Gasteiger partial charge on any atom is -0.497 e. The van der Waals surface area contributed by atoms with Gasteiger partial charge in [0.05, 0.1) is 17.8 Å². The largest absolute Gasteiger partial charge is 0.497 e. The third-order valence-corrected chi connectivity index (χ3v) is 5.68. The lowest BCUT2D eigenvalue weighted by atomic mass is 9.92. The quantitative estimate of drug-likeness (QED) is 0.664. The highest BCUT2D eigenvalue weighted by Crippen LogP contribution is 2.31. The lowest BCUT2D eigenvalue weighted by molar-refractivity contribution is -0.134. The summed E-state index contributed by atoms with van der Waals surface area (Å²) in [4.78, 5) is 40.4. The number of hydrogen-bond donors (Lipinski definition) is 1. The van der Waals surface area contributed by atoms with Gasteiger partial charge in [0.2, 0.25) is 5.91 Å². The first kappa shape index (κ1) is 21.1. The number of imide groups is 1. The van der Waals surface area contributed by atoms with Crippen LogP contribution in [-0.2, 0) is 15.1 Å². The highest BCUT2D eigenvalue weighted by molar-refractivity contribution is 9.10. The highest BCUT2D eigenvalue weighted by Gasteiger charge is 2.49. The number of nitrogens with zero attached hydrogens (tertiary/aromatic N) is 2. The maximum absolute atomic E-state index is 13.0. The summed E-state index contributed by atoms with van der Waals surface area (Å²) in [7, 11) is 3.08. The summed E-state index contributed by atoms with van der Waals surface area (Å²) >= 11 is 9.51. The summed E-state index contributed by atoms with van der Waals surface area (Å²) in [6, 6.07) is 11.3. The van der Waals surface area contributed by atoms with Crippen LogP contribution in [0.15, 0.2) is 46.9 Å². The van der Waals surface area contributed by atoms with Crippen LogP contribution in [0.2, 0.25) is 5.02 Å². The molecule has 1 fully saturated rings. The van der Waals surface area contributed by atoms with E-state index in [1.54, 1.807) is 63.5 Å². The smallest absolute Gasteiger partial charge is 0.325 e. The van der Waals surface area contributed by atoms with Crippen LogP contribution in [-0.4, -0.2) is 43.4 Å². The van der Waals surface area contributed by atoms with Gasteiger partial charge in [-0.05, 0) is 42.8 Å². The third-order valence-electron chi connectivity index (χ3n) is 4.88. The van der Waals surface area contributed by atoms with Gasteiger partial charge in [-0.1, -0.05) is 39.7 Å². The van der Waals surface area contributed by atoms with Gasteiger partial charge in [-0.25, -0.2) is 4.79 Å². The predicted molar refractivity (Wildman–Crippen MR) is 113 cm³/mol. The lowest BCUT2D eigenvalue weighted by Crippen LogP contribution is -2.43. The van der Waals surface area contributed by atoms with E-state index >= 15 is 0 Å². The van der Waals surface area contributed by atoms with Gasteiger partial charge in [0.1, 0.15) is 17.8 Å². The van der Waals surface area contributed by atoms with Gasteiger partial charge < -0.3 is 15.0 Å². The second-order valence-electron chi connectivity index (χ2n) is 6.72. The topological polar surface area (TPSA) is 79.0 Å². The molecule has 7 nitrogen and oxygen atoms in total. The van der Waals surface area contributed by atoms with Crippen LogP contribution in [0.5, 0.6) is 5.75 Å². The maximum atomic E-state index is 13.0. The minimum absolute atomic E-state index is 0.371. The summed E-state index contributed by atoms with van der Waals surface area (Å²) < 4.78 is 5.90. The summed E-state index contributed by atoms with van der Waals surface area (Å²) in [5.74, 6) is -0.317. The van der Waals surface area contributed by atoms with E-state index in [2.05, 4.69) is 21.2 Å². The van der Waals surface area contributed by atoms with Crippen LogP contribution in [0.1, 0.15) is 12.5 Å². The molecular formula is C20H19BrClN3O4. The summed E-state index contributed by atoms with van der Waals surface area (Å²) in [6.07, 6.45) is 0. The van der Waals surface area contributed by atoms with Crippen LogP contribution in [0.4, 0.5) is 10.5 Å². The minimum atomic E-state index is -1.27. The van der Waals surface area contributed by atoms with E-state index in [-0.39, 0.29) is 0 Å². The molecule has 0 aromatic heterocycles. The number of ether oxygens (including phenoxy) is 1. The Bertz CT molecular complexity index is 982. The number of urea groups is 1. The second-order valence-corrected chi connectivity index (χ2v) is 8.05. The summed E-state index contributed by atoms with van der Waals surface area (Å²) in [6.45, 7) is 1.20. The van der Waals surface area contributed by atoms with Crippen molar-refractivity contribution in [3.8, 4) is 5.75 Å². The monoisotopic (exact) mass is 479 g/mol. The van der Waals surface area contributed by atoms with E-state index < -0.39 is 29.9 Å². The van der Waals surface area contributed by atoms with Crippen LogP contribution >= 0.6 is 27.5 Å². The van der Waals surface area contributed by atoms with Crippen LogP contribution in [0.3, 0.4) is 0 Å². The molecule has 2 aromatic rings. The Labute approximate surface area is 181 Å². The highest BCUT2D eigenvalue weighted by atomic mass is 79.9. The van der Waals surface area contributed by atoms with Crippen molar-refractivity contribution < 1.29 is 19.1 Å². The molecule has 1 unspecified atom stereocenters. The average molecular weight is 481 g/mol. The number of benzene rings is 2. The van der Waals surface area contributed by atoms with Gasteiger partial charge in [-0.15, -0.1) is 0 Å². The van der Waals surface area contributed by atoms with E-state index in [9.17, 15) is 14.4 Å². The van der Waals surface area contributed by atoms with Crippen molar-refractivity contribution in [2.24, 2.45) is 0 Å². The number of methoxy groups -OCH3 is 1. The van der Waals surface area contributed by atoms with Gasteiger partial charge in [-0.3, -0.25) is 14.5 Å². The number of hydrogen-bond acceptors (Lipinski definition) is 4. The van der Waals surface area contributed by atoms with Gasteiger partial charge in [0, 0.05) is 11.5 Å². The molecule has 0 bridgehead atoms. The van der Waals surface area contributed by atoms with E-state index in [1.807, 2.05) is 0 Å². The number of anilines is 1. The van der Waals surface area contributed by atoms with Crippen molar-refractivity contribution >= 4 is 51.1 Å². The molecule has 1 atom stereocenters. The number of nitrogens with one attached hydrogen (secondary N) is 1. The predicted octanol–water partition coefficient (Wildman–Crippen LogP) is 3.54. The number of amides is 4. The van der Waals surface area contributed by atoms with Crippen LogP contribution < -0.4 is 15.0 Å². The molecule has 4 amide bonds. The van der Waals surface area contributed by atoms with E-state index in [4.69, 9.17) is 16.3 Å². The first-order valence-electron chi connectivity index (χ1n) is 8.67. The van der Waals surface area contributed by atoms with Crippen molar-refractivity contribution in [3.05, 3.63) is 57.5 Å². The average Bonchev–Trinajstić information content (AvgIpc) is 2.91. The number of carbonyl (C=O) groups is 3. The third kappa shape index (κ3) is 3.95. The molecular weight excluding hydrogens is 462 g/mol. The molecule has 1 saturated heterocycles. The Morgan fingerprint density at radius 3 is 2.48 bits per heavy atom. The van der Waals surface area contributed by atoms with E-state index in [1.165, 1.54) is 4.90 Å². The molecule has 2 aromatic carbocycles. The van der Waals surface area contributed by atoms with Gasteiger partial charge in [0.15, 0.2) is 0 Å². The zero-order valence-electron chi connectivity index (χ0n) is 16.0. The Hall–Kier alpha value is -2.58. The second kappa shape index (κ2) is 8.04. The normalized spacial score (nSPS) is 18.6. The molecule has 0 spiro atoms. The molecule has 0 radical (unpaired) electrons. The molecule has 0 aliphatic carbocycles. The van der Waals surface area contributed by atoms with Crippen molar-refractivity contribution in [2.45, 2.75) is 12.5 Å². The Morgan fingerprint density at radius 1 is 1.24 bits per heavy atom. The number of carbonyl (C=O) groups excluding carboxylic acids is 3. The number of halogens is 2. The molecule has 1 heterocycles. The Morgan fingerprint density at radius 2 is 1.90 bits per heavy atom. The standard InChI is InChI=1S/C20H19BrClN3O4/c1-20(12-4-7-14(29-3)8-5-12)18(27)25(19(28)23-20)11-17(26)24(2)16-9-6-13(21)10-15(16)22/h4-10H,11H2,1-3H3,(H,23,28). The molecule has 29 heavy (non-hydrogen) atoms. The molecule has 1 N–H and O–H groups in total. The van der Waals surface area contributed by atoms with Gasteiger partial charge in [0.25, 0.3) is 5.91 Å². The fourth-order valence-corrected chi connectivity index (χ4v) is 3.89. The zero-order chi connectivity index (χ0) is 21.3. The molecule has 152 valence electrons. The number of likely N-dealkylation sites (N-methyl/N-ethyl adjacent to an activating group) is 1. The van der Waals surface area contributed by atoms with Crippen LogP contribution in [0, 0.1) is 0 Å².